The lowest BCUT2D eigenvalue weighted by atomic mass is 10.0. The fourth-order valence-electron chi connectivity index (χ4n) is 3.36. The molecule has 1 aliphatic rings. The predicted molar refractivity (Wildman–Crippen MR) is 105 cm³/mol. The highest BCUT2D eigenvalue weighted by molar-refractivity contribution is 5.88. The van der Waals surface area contributed by atoms with Crippen molar-refractivity contribution in [1.82, 2.24) is 5.32 Å². The first kappa shape index (κ1) is 20.1. The average molecular weight is 383 g/mol. The molecule has 5 heteroatoms. The van der Waals surface area contributed by atoms with Crippen molar-refractivity contribution in [2.45, 2.75) is 45.3 Å². The molecule has 1 N–H and O–H groups in total. The van der Waals surface area contributed by atoms with E-state index in [0.29, 0.717) is 12.8 Å². The molecule has 0 spiro atoms. The largest absolute Gasteiger partial charge is 0.459 e. The van der Waals surface area contributed by atoms with Gasteiger partial charge in [0.1, 0.15) is 18.5 Å². The Morgan fingerprint density at radius 3 is 2.43 bits per heavy atom. The second kappa shape index (κ2) is 9.00. The van der Waals surface area contributed by atoms with Gasteiger partial charge in [-0.25, -0.2) is 9.18 Å². The fraction of sp³-hybridized carbons (Fsp3) is 0.391. The van der Waals surface area contributed by atoms with Crippen LogP contribution in [0.2, 0.25) is 0 Å². The zero-order valence-corrected chi connectivity index (χ0v) is 16.2. The molecule has 2 aromatic carbocycles. The topological polar surface area (TPSA) is 55.4 Å². The van der Waals surface area contributed by atoms with Crippen LogP contribution in [0.4, 0.5) is 4.39 Å². The number of hydrogen-bond acceptors (Lipinski definition) is 3. The van der Waals surface area contributed by atoms with Crippen molar-refractivity contribution in [1.29, 1.82) is 0 Å². The predicted octanol–water partition coefficient (Wildman–Crippen LogP) is 4.20. The number of ether oxygens (including phenoxy) is 1. The molecule has 1 saturated carbocycles. The summed E-state index contributed by atoms with van der Waals surface area (Å²) in [5.41, 5.74) is 1.86. The zero-order valence-electron chi connectivity index (χ0n) is 16.2. The van der Waals surface area contributed by atoms with Crippen molar-refractivity contribution in [3.63, 3.8) is 0 Å². The van der Waals surface area contributed by atoms with Gasteiger partial charge in [0.25, 0.3) is 0 Å². The minimum Gasteiger partial charge on any atom is -0.459 e. The van der Waals surface area contributed by atoms with Gasteiger partial charge in [-0.15, -0.1) is 0 Å². The van der Waals surface area contributed by atoms with Gasteiger partial charge in [0.05, 0.1) is 0 Å². The summed E-state index contributed by atoms with van der Waals surface area (Å²) in [7, 11) is 0. The molecule has 1 amide bonds. The second-order valence-electron chi connectivity index (χ2n) is 7.78. The average Bonchev–Trinajstić information content (AvgIpc) is 3.47. The maximum absolute atomic E-state index is 13.1. The third-order valence-corrected chi connectivity index (χ3v) is 4.96. The van der Waals surface area contributed by atoms with Crippen LogP contribution >= 0.6 is 0 Å². The Hall–Kier alpha value is -2.69. The van der Waals surface area contributed by atoms with E-state index in [4.69, 9.17) is 4.74 Å². The number of nitrogens with one attached hydrogen (secondary N) is 1. The van der Waals surface area contributed by atoms with Crippen molar-refractivity contribution < 1.29 is 18.7 Å². The summed E-state index contributed by atoms with van der Waals surface area (Å²) < 4.78 is 18.5. The fourth-order valence-corrected chi connectivity index (χ4v) is 3.36. The smallest absolute Gasteiger partial charge is 0.328 e. The van der Waals surface area contributed by atoms with Gasteiger partial charge in [0.2, 0.25) is 5.91 Å². The summed E-state index contributed by atoms with van der Waals surface area (Å²) in [6.45, 7) is 4.19. The maximum Gasteiger partial charge on any atom is 0.328 e. The van der Waals surface area contributed by atoms with E-state index in [1.165, 1.54) is 12.1 Å². The standard InChI is InChI=1S/C23H26FNO3/c1-15(2)12-21(23(27)28-14-16-6-4-3-5-7-16)25-22(26)20-13-19(20)17-8-10-18(24)11-9-17/h3-11,15,19-21H,12-14H2,1-2H3,(H,25,26)/t19?,20?,21-/m0/s1. The molecule has 0 heterocycles. The molecule has 2 aromatic rings. The number of carbonyl (C=O) groups is 2. The summed E-state index contributed by atoms with van der Waals surface area (Å²) in [5, 5.41) is 2.87. The highest BCUT2D eigenvalue weighted by Gasteiger charge is 2.45. The Morgan fingerprint density at radius 2 is 1.79 bits per heavy atom. The number of esters is 1. The molecular formula is C23H26FNO3. The molecule has 0 radical (unpaired) electrons. The van der Waals surface area contributed by atoms with Crippen LogP contribution in [0.15, 0.2) is 54.6 Å². The van der Waals surface area contributed by atoms with Crippen LogP contribution in [0.5, 0.6) is 0 Å². The van der Waals surface area contributed by atoms with E-state index in [0.717, 1.165) is 11.1 Å². The Bertz CT molecular complexity index is 804. The Balaban J connectivity index is 1.56. The first-order valence-corrected chi connectivity index (χ1v) is 9.70. The molecule has 1 aliphatic carbocycles. The van der Waals surface area contributed by atoms with E-state index in [-0.39, 0.29) is 36.1 Å². The van der Waals surface area contributed by atoms with Crippen LogP contribution in [0.1, 0.15) is 43.7 Å². The summed E-state index contributed by atoms with van der Waals surface area (Å²) in [5.74, 6) is -0.700. The van der Waals surface area contributed by atoms with Crippen LogP contribution in [0.25, 0.3) is 0 Å². The van der Waals surface area contributed by atoms with E-state index in [2.05, 4.69) is 5.32 Å². The monoisotopic (exact) mass is 383 g/mol. The number of carbonyl (C=O) groups excluding carboxylic acids is 2. The van der Waals surface area contributed by atoms with E-state index in [1.807, 2.05) is 44.2 Å². The molecule has 148 valence electrons. The molecule has 0 bridgehead atoms. The van der Waals surface area contributed by atoms with Crippen molar-refractivity contribution in [3.8, 4) is 0 Å². The summed E-state index contributed by atoms with van der Waals surface area (Å²) in [6, 6.07) is 15.0. The Labute approximate surface area is 165 Å². The lowest BCUT2D eigenvalue weighted by Gasteiger charge is -2.19. The molecule has 0 aliphatic heterocycles. The Morgan fingerprint density at radius 1 is 1.11 bits per heavy atom. The van der Waals surface area contributed by atoms with Gasteiger partial charge in [-0.1, -0.05) is 56.3 Å². The highest BCUT2D eigenvalue weighted by Crippen LogP contribution is 2.47. The quantitative estimate of drug-likeness (QED) is 0.695. The normalized spacial score (nSPS) is 19.1. The Kier molecular flexibility index (Phi) is 6.45. The first-order chi connectivity index (χ1) is 13.4. The van der Waals surface area contributed by atoms with Gasteiger partial charge in [-0.3, -0.25) is 4.79 Å². The molecule has 3 rings (SSSR count). The molecule has 1 fully saturated rings. The molecule has 0 aromatic heterocycles. The highest BCUT2D eigenvalue weighted by atomic mass is 19.1. The van der Waals surface area contributed by atoms with Crippen molar-refractivity contribution in [2.24, 2.45) is 11.8 Å². The van der Waals surface area contributed by atoms with Crippen molar-refractivity contribution in [2.75, 3.05) is 0 Å². The first-order valence-electron chi connectivity index (χ1n) is 9.70. The second-order valence-corrected chi connectivity index (χ2v) is 7.78. The van der Waals surface area contributed by atoms with Gasteiger partial charge in [-0.2, -0.15) is 0 Å². The van der Waals surface area contributed by atoms with Gasteiger partial charge >= 0.3 is 5.97 Å². The minimum absolute atomic E-state index is 0.0839. The van der Waals surface area contributed by atoms with Crippen LogP contribution in [-0.4, -0.2) is 17.9 Å². The maximum atomic E-state index is 13.1. The third-order valence-electron chi connectivity index (χ3n) is 4.96. The van der Waals surface area contributed by atoms with Gasteiger partial charge in [-0.05, 0) is 47.9 Å². The summed E-state index contributed by atoms with van der Waals surface area (Å²) >= 11 is 0. The number of amides is 1. The van der Waals surface area contributed by atoms with Crippen LogP contribution in [-0.2, 0) is 20.9 Å². The minimum atomic E-state index is -0.661. The van der Waals surface area contributed by atoms with Gasteiger partial charge < -0.3 is 10.1 Å². The van der Waals surface area contributed by atoms with Crippen molar-refractivity contribution >= 4 is 11.9 Å². The molecule has 4 nitrogen and oxygen atoms in total. The van der Waals surface area contributed by atoms with E-state index in [1.54, 1.807) is 12.1 Å². The van der Waals surface area contributed by atoms with E-state index in [9.17, 15) is 14.0 Å². The summed E-state index contributed by atoms with van der Waals surface area (Å²) in [6.07, 6.45) is 1.23. The van der Waals surface area contributed by atoms with E-state index >= 15 is 0 Å². The van der Waals surface area contributed by atoms with Gasteiger partial charge in [0.15, 0.2) is 0 Å². The number of halogens is 1. The van der Waals surface area contributed by atoms with Crippen LogP contribution in [0, 0.1) is 17.7 Å². The SMILES string of the molecule is CC(C)C[C@H](NC(=O)C1CC1c1ccc(F)cc1)C(=O)OCc1ccccc1. The number of hydrogen-bond donors (Lipinski definition) is 1. The third kappa shape index (κ3) is 5.41. The summed E-state index contributed by atoms with van der Waals surface area (Å²) in [4.78, 5) is 25.2. The van der Waals surface area contributed by atoms with E-state index < -0.39 is 12.0 Å². The van der Waals surface area contributed by atoms with Crippen molar-refractivity contribution in [3.05, 3.63) is 71.5 Å². The number of benzene rings is 2. The molecule has 3 atom stereocenters. The lowest BCUT2D eigenvalue weighted by molar-refractivity contribution is -0.149. The lowest BCUT2D eigenvalue weighted by Crippen LogP contribution is -2.43. The number of rotatable bonds is 8. The molecular weight excluding hydrogens is 357 g/mol. The van der Waals surface area contributed by atoms with Crippen LogP contribution < -0.4 is 5.32 Å². The zero-order chi connectivity index (χ0) is 20.1. The molecule has 28 heavy (non-hydrogen) atoms. The van der Waals surface area contributed by atoms with Gasteiger partial charge in [0, 0.05) is 5.92 Å². The molecule has 0 saturated heterocycles. The molecule has 2 unspecified atom stereocenters. The van der Waals surface area contributed by atoms with Crippen LogP contribution in [0.3, 0.4) is 0 Å².